The van der Waals surface area contributed by atoms with Gasteiger partial charge in [-0.05, 0) is 55.0 Å². The fourth-order valence-electron chi connectivity index (χ4n) is 4.51. The number of rotatable bonds is 13. The maximum atomic E-state index is 13.8. The standard InChI is InChI=1S/C35H33FN2O5/c1-24(2)34(40)38(28-13-9-12-27(36)23-28)20-21-43-29-18-16-25(17-19-29)22-32(35(41)42-3)37-31-15-8-7-14-30(31)33(39)26-10-5-4-6-11-26/h4-19,23,32,37H,1,20-22H2,2-3H3. The molecule has 1 atom stereocenters. The summed E-state index contributed by atoms with van der Waals surface area (Å²) >= 11 is 0. The zero-order valence-corrected chi connectivity index (χ0v) is 24.1. The molecule has 220 valence electrons. The maximum Gasteiger partial charge on any atom is 0.328 e. The average Bonchev–Trinajstić information content (AvgIpc) is 3.03. The zero-order chi connectivity index (χ0) is 30.8. The van der Waals surface area contributed by atoms with E-state index < -0.39 is 17.8 Å². The summed E-state index contributed by atoms with van der Waals surface area (Å²) in [6, 6.07) is 28.2. The molecular formula is C35H33FN2O5. The minimum Gasteiger partial charge on any atom is -0.492 e. The lowest BCUT2D eigenvalue weighted by atomic mass is 10.00. The molecule has 8 heteroatoms. The van der Waals surface area contributed by atoms with Gasteiger partial charge in [0.25, 0.3) is 5.91 Å². The van der Waals surface area contributed by atoms with Gasteiger partial charge in [0.2, 0.25) is 0 Å². The van der Waals surface area contributed by atoms with Crippen molar-refractivity contribution in [3.63, 3.8) is 0 Å². The van der Waals surface area contributed by atoms with Gasteiger partial charge in [0.15, 0.2) is 5.78 Å². The van der Waals surface area contributed by atoms with Crippen LogP contribution in [0.4, 0.5) is 15.8 Å². The van der Waals surface area contributed by atoms with E-state index in [1.165, 1.54) is 24.1 Å². The first kappa shape index (κ1) is 30.7. The molecule has 0 saturated heterocycles. The van der Waals surface area contributed by atoms with Crippen LogP contribution in [-0.4, -0.2) is 44.0 Å². The lowest BCUT2D eigenvalue weighted by Gasteiger charge is -2.23. The van der Waals surface area contributed by atoms with Crippen molar-refractivity contribution < 1.29 is 28.2 Å². The lowest BCUT2D eigenvalue weighted by Crippen LogP contribution is -2.35. The SMILES string of the molecule is C=C(C)C(=O)N(CCOc1ccc(CC(Nc2ccccc2C(=O)c2ccccc2)C(=O)OC)cc1)c1cccc(F)c1. The molecule has 0 aliphatic heterocycles. The number of amides is 1. The summed E-state index contributed by atoms with van der Waals surface area (Å²) in [5, 5.41) is 3.20. The summed E-state index contributed by atoms with van der Waals surface area (Å²) in [4.78, 5) is 40.0. The van der Waals surface area contributed by atoms with Crippen LogP contribution in [0.15, 0.2) is 115 Å². The van der Waals surface area contributed by atoms with Crippen molar-refractivity contribution in [3.8, 4) is 5.75 Å². The van der Waals surface area contributed by atoms with Crippen molar-refractivity contribution in [2.24, 2.45) is 0 Å². The van der Waals surface area contributed by atoms with Crippen LogP contribution >= 0.6 is 0 Å². The number of esters is 1. The molecule has 0 radical (unpaired) electrons. The fraction of sp³-hybridized carbons (Fsp3) is 0.171. The molecule has 0 bridgehead atoms. The van der Waals surface area contributed by atoms with Crippen LogP contribution in [-0.2, 0) is 20.7 Å². The quantitative estimate of drug-likeness (QED) is 0.115. The Kier molecular flexibility index (Phi) is 10.4. The Labute approximate surface area is 250 Å². The van der Waals surface area contributed by atoms with E-state index in [0.29, 0.717) is 40.2 Å². The van der Waals surface area contributed by atoms with Gasteiger partial charge in [-0.15, -0.1) is 0 Å². The fourth-order valence-corrected chi connectivity index (χ4v) is 4.51. The average molecular weight is 581 g/mol. The number of para-hydroxylation sites is 1. The number of methoxy groups -OCH3 is 1. The highest BCUT2D eigenvalue weighted by atomic mass is 19.1. The van der Waals surface area contributed by atoms with Crippen LogP contribution in [0.5, 0.6) is 5.75 Å². The molecule has 43 heavy (non-hydrogen) atoms. The third-order valence-corrected chi connectivity index (χ3v) is 6.70. The Bertz CT molecular complexity index is 1590. The summed E-state index contributed by atoms with van der Waals surface area (Å²) in [6.45, 7) is 5.66. The lowest BCUT2D eigenvalue weighted by molar-refractivity contribution is -0.141. The zero-order valence-electron chi connectivity index (χ0n) is 24.1. The Morgan fingerprint density at radius 2 is 1.60 bits per heavy atom. The Balaban J connectivity index is 1.42. The number of carbonyl (C=O) groups excluding carboxylic acids is 3. The number of ether oxygens (including phenoxy) is 2. The topological polar surface area (TPSA) is 84.9 Å². The van der Waals surface area contributed by atoms with Gasteiger partial charge in [-0.3, -0.25) is 9.59 Å². The number of nitrogens with zero attached hydrogens (tertiary/aromatic N) is 1. The highest BCUT2D eigenvalue weighted by Crippen LogP contribution is 2.23. The van der Waals surface area contributed by atoms with Crippen LogP contribution in [0.3, 0.4) is 0 Å². The second kappa shape index (κ2) is 14.6. The van der Waals surface area contributed by atoms with E-state index in [4.69, 9.17) is 9.47 Å². The molecule has 4 rings (SSSR count). The van der Waals surface area contributed by atoms with E-state index in [-0.39, 0.29) is 24.8 Å². The normalized spacial score (nSPS) is 11.2. The molecule has 0 aliphatic carbocycles. The van der Waals surface area contributed by atoms with Crippen molar-refractivity contribution >= 4 is 29.0 Å². The van der Waals surface area contributed by atoms with E-state index in [1.54, 1.807) is 79.7 Å². The molecule has 0 fully saturated rings. The number of carbonyl (C=O) groups is 3. The van der Waals surface area contributed by atoms with E-state index in [1.807, 2.05) is 18.2 Å². The molecule has 0 spiro atoms. The summed E-state index contributed by atoms with van der Waals surface area (Å²) in [6.07, 6.45) is 0.293. The molecule has 1 amide bonds. The van der Waals surface area contributed by atoms with Crippen LogP contribution in [0, 0.1) is 5.82 Å². The van der Waals surface area contributed by atoms with E-state index >= 15 is 0 Å². The van der Waals surface area contributed by atoms with Crippen molar-refractivity contribution in [2.45, 2.75) is 19.4 Å². The van der Waals surface area contributed by atoms with Gasteiger partial charge < -0.3 is 19.7 Å². The predicted octanol–water partition coefficient (Wildman–Crippen LogP) is 6.24. The number of anilines is 2. The summed E-state index contributed by atoms with van der Waals surface area (Å²) < 4.78 is 24.7. The minimum absolute atomic E-state index is 0.158. The van der Waals surface area contributed by atoms with Gasteiger partial charge in [0, 0.05) is 34.5 Å². The monoisotopic (exact) mass is 580 g/mol. The molecule has 0 saturated carbocycles. The van der Waals surface area contributed by atoms with Crippen LogP contribution in [0.25, 0.3) is 0 Å². The molecule has 1 N–H and O–H groups in total. The minimum atomic E-state index is -0.755. The highest BCUT2D eigenvalue weighted by Gasteiger charge is 2.23. The maximum absolute atomic E-state index is 13.8. The molecule has 1 unspecified atom stereocenters. The second-order valence-corrected chi connectivity index (χ2v) is 9.87. The molecule has 0 heterocycles. The van der Waals surface area contributed by atoms with Crippen molar-refractivity contribution in [2.75, 3.05) is 30.5 Å². The third kappa shape index (κ3) is 8.16. The second-order valence-electron chi connectivity index (χ2n) is 9.87. The molecule has 0 aromatic heterocycles. The molecule has 0 aliphatic rings. The predicted molar refractivity (Wildman–Crippen MR) is 165 cm³/mol. The summed E-state index contributed by atoms with van der Waals surface area (Å²) in [5.74, 6) is -0.832. The number of ketones is 1. The summed E-state index contributed by atoms with van der Waals surface area (Å²) in [5.41, 5.74) is 3.10. The van der Waals surface area contributed by atoms with Crippen molar-refractivity contribution in [1.82, 2.24) is 0 Å². The van der Waals surface area contributed by atoms with Gasteiger partial charge in [-0.2, -0.15) is 0 Å². The van der Waals surface area contributed by atoms with Crippen LogP contribution in [0.1, 0.15) is 28.4 Å². The molecule has 7 nitrogen and oxygen atoms in total. The number of hydrogen-bond acceptors (Lipinski definition) is 6. The Morgan fingerprint density at radius 1 is 0.907 bits per heavy atom. The molecule has 4 aromatic rings. The molecule has 4 aromatic carbocycles. The third-order valence-electron chi connectivity index (χ3n) is 6.70. The van der Waals surface area contributed by atoms with Crippen LogP contribution < -0.4 is 15.0 Å². The van der Waals surface area contributed by atoms with Gasteiger partial charge >= 0.3 is 5.97 Å². The van der Waals surface area contributed by atoms with Gasteiger partial charge in [0.05, 0.1) is 13.7 Å². The Hall–Kier alpha value is -5.24. The summed E-state index contributed by atoms with van der Waals surface area (Å²) in [7, 11) is 1.32. The first-order valence-electron chi connectivity index (χ1n) is 13.7. The van der Waals surface area contributed by atoms with E-state index in [2.05, 4.69) is 11.9 Å². The van der Waals surface area contributed by atoms with Gasteiger partial charge in [0.1, 0.15) is 24.2 Å². The Morgan fingerprint density at radius 3 is 2.28 bits per heavy atom. The number of hydrogen-bond donors (Lipinski definition) is 1. The van der Waals surface area contributed by atoms with Gasteiger partial charge in [-0.25, -0.2) is 9.18 Å². The first-order valence-corrected chi connectivity index (χ1v) is 13.7. The van der Waals surface area contributed by atoms with Crippen LogP contribution in [0.2, 0.25) is 0 Å². The van der Waals surface area contributed by atoms with E-state index in [9.17, 15) is 18.8 Å². The van der Waals surface area contributed by atoms with Gasteiger partial charge in [-0.1, -0.05) is 67.2 Å². The molecular weight excluding hydrogens is 547 g/mol. The first-order chi connectivity index (χ1) is 20.8. The smallest absolute Gasteiger partial charge is 0.328 e. The number of halogens is 1. The highest BCUT2D eigenvalue weighted by molar-refractivity contribution is 6.12. The van der Waals surface area contributed by atoms with Crippen molar-refractivity contribution in [1.29, 1.82) is 0 Å². The van der Waals surface area contributed by atoms with Crippen molar-refractivity contribution in [3.05, 3.63) is 138 Å². The number of benzene rings is 4. The number of nitrogens with one attached hydrogen (secondary N) is 1. The largest absolute Gasteiger partial charge is 0.492 e. The van der Waals surface area contributed by atoms with E-state index in [0.717, 1.165) is 5.56 Å².